The molecule has 3 rings (SSSR count). The molecular formula is C19H21FN2O3. The van der Waals surface area contributed by atoms with E-state index in [4.69, 9.17) is 15.2 Å². The summed E-state index contributed by atoms with van der Waals surface area (Å²) in [4.78, 5) is 12.3. The highest BCUT2D eigenvalue weighted by Crippen LogP contribution is 2.21. The summed E-state index contributed by atoms with van der Waals surface area (Å²) in [6, 6.07) is 13.3. The van der Waals surface area contributed by atoms with Gasteiger partial charge in [-0.2, -0.15) is 0 Å². The molecule has 0 radical (unpaired) electrons. The van der Waals surface area contributed by atoms with Gasteiger partial charge in [-0.3, -0.25) is 4.79 Å². The fourth-order valence-corrected chi connectivity index (χ4v) is 2.76. The Balaban J connectivity index is 1.57. The van der Waals surface area contributed by atoms with Crippen molar-refractivity contribution in [3.8, 4) is 5.75 Å². The highest BCUT2D eigenvalue weighted by atomic mass is 19.1. The summed E-state index contributed by atoms with van der Waals surface area (Å²) in [7, 11) is 0. The van der Waals surface area contributed by atoms with E-state index in [2.05, 4.69) is 5.32 Å². The first-order valence-electron chi connectivity index (χ1n) is 8.28. The maximum absolute atomic E-state index is 13.2. The van der Waals surface area contributed by atoms with Crippen molar-refractivity contribution in [3.05, 3.63) is 59.9 Å². The number of amides is 1. The lowest BCUT2D eigenvalue weighted by Gasteiger charge is -2.13. The number of carbonyl (C=O) groups excluding carboxylic acids is 1. The van der Waals surface area contributed by atoms with Crippen LogP contribution in [0.3, 0.4) is 0 Å². The molecule has 132 valence electrons. The summed E-state index contributed by atoms with van der Waals surface area (Å²) >= 11 is 0. The molecule has 25 heavy (non-hydrogen) atoms. The molecule has 0 aromatic heterocycles. The van der Waals surface area contributed by atoms with Crippen LogP contribution in [0, 0.1) is 5.82 Å². The summed E-state index contributed by atoms with van der Waals surface area (Å²) in [6.07, 6.45) is 0.981. The Morgan fingerprint density at radius 2 is 2.08 bits per heavy atom. The molecule has 0 spiro atoms. The lowest BCUT2D eigenvalue weighted by atomic mass is 10.1. The maximum Gasteiger partial charge on any atom is 0.253 e. The molecule has 1 saturated heterocycles. The normalized spacial score (nSPS) is 19.6. The van der Waals surface area contributed by atoms with E-state index in [-0.39, 0.29) is 24.4 Å². The third kappa shape index (κ3) is 4.78. The van der Waals surface area contributed by atoms with E-state index < -0.39 is 6.10 Å². The van der Waals surface area contributed by atoms with Crippen molar-refractivity contribution in [2.75, 3.05) is 11.9 Å². The van der Waals surface area contributed by atoms with Crippen LogP contribution in [-0.4, -0.2) is 24.7 Å². The topological polar surface area (TPSA) is 73.6 Å². The average Bonchev–Trinajstić information content (AvgIpc) is 3.10. The Morgan fingerprint density at radius 3 is 2.84 bits per heavy atom. The minimum absolute atomic E-state index is 0.0400. The minimum atomic E-state index is -0.458. The predicted octanol–water partition coefficient (Wildman–Crippen LogP) is 2.85. The molecule has 2 aromatic rings. The molecule has 1 heterocycles. The largest absolute Gasteiger partial charge is 0.489 e. The van der Waals surface area contributed by atoms with E-state index in [0.29, 0.717) is 24.4 Å². The summed E-state index contributed by atoms with van der Waals surface area (Å²) in [6.45, 7) is 0.707. The van der Waals surface area contributed by atoms with Crippen LogP contribution in [0.15, 0.2) is 48.5 Å². The van der Waals surface area contributed by atoms with E-state index in [1.54, 1.807) is 18.2 Å². The molecule has 0 saturated carbocycles. The standard InChI is InChI=1S/C19H21FN2O3/c20-14-4-2-6-16(10-14)24-12-13-3-1-5-15(9-13)22-19(23)18-8-7-17(11-21)25-18/h1-6,9-10,17-18H,7-8,11-12,21H2,(H,22,23)/t17-,18+/m1/s1. The monoisotopic (exact) mass is 344 g/mol. The lowest BCUT2D eigenvalue weighted by molar-refractivity contribution is -0.126. The van der Waals surface area contributed by atoms with Crippen LogP contribution in [0.4, 0.5) is 10.1 Å². The Morgan fingerprint density at radius 1 is 1.24 bits per heavy atom. The number of nitrogens with one attached hydrogen (secondary N) is 1. The molecule has 1 aliphatic rings. The second kappa shape index (κ2) is 8.09. The van der Waals surface area contributed by atoms with E-state index in [9.17, 15) is 9.18 Å². The Bertz CT molecular complexity index is 738. The Labute approximate surface area is 145 Å². The third-order valence-electron chi connectivity index (χ3n) is 4.06. The van der Waals surface area contributed by atoms with E-state index in [1.165, 1.54) is 12.1 Å². The fourth-order valence-electron chi connectivity index (χ4n) is 2.76. The summed E-state index contributed by atoms with van der Waals surface area (Å²) in [5.74, 6) is -0.0494. The van der Waals surface area contributed by atoms with Gasteiger partial charge in [0.1, 0.15) is 24.3 Å². The SMILES string of the molecule is NC[C@H]1CC[C@@H](C(=O)Nc2cccc(COc3cccc(F)c3)c2)O1. The molecular weight excluding hydrogens is 323 g/mol. The van der Waals surface area contributed by atoms with Gasteiger partial charge in [0.25, 0.3) is 5.91 Å². The van der Waals surface area contributed by atoms with Crippen molar-refractivity contribution in [2.24, 2.45) is 5.73 Å². The number of hydrogen-bond acceptors (Lipinski definition) is 4. The van der Waals surface area contributed by atoms with Crippen LogP contribution in [0.25, 0.3) is 0 Å². The zero-order chi connectivity index (χ0) is 17.6. The van der Waals surface area contributed by atoms with E-state index in [0.717, 1.165) is 12.0 Å². The van der Waals surface area contributed by atoms with Crippen molar-refractivity contribution >= 4 is 11.6 Å². The first-order valence-corrected chi connectivity index (χ1v) is 8.28. The Hall–Kier alpha value is -2.44. The quantitative estimate of drug-likeness (QED) is 0.845. The number of halogens is 1. The molecule has 1 amide bonds. The maximum atomic E-state index is 13.2. The molecule has 1 fully saturated rings. The summed E-state index contributed by atoms with van der Waals surface area (Å²) in [5, 5.41) is 2.86. The molecule has 0 unspecified atom stereocenters. The van der Waals surface area contributed by atoms with Crippen molar-refractivity contribution in [1.29, 1.82) is 0 Å². The van der Waals surface area contributed by atoms with Crippen molar-refractivity contribution in [3.63, 3.8) is 0 Å². The van der Waals surface area contributed by atoms with Gasteiger partial charge in [-0.05, 0) is 42.7 Å². The van der Waals surface area contributed by atoms with Crippen LogP contribution in [-0.2, 0) is 16.1 Å². The van der Waals surface area contributed by atoms with E-state index in [1.807, 2.05) is 18.2 Å². The first kappa shape index (κ1) is 17.4. The van der Waals surface area contributed by atoms with Crippen LogP contribution in [0.5, 0.6) is 5.75 Å². The molecule has 6 heteroatoms. The summed E-state index contributed by atoms with van der Waals surface area (Å²) < 4.78 is 24.3. The van der Waals surface area contributed by atoms with Gasteiger partial charge in [0.2, 0.25) is 0 Å². The number of nitrogens with two attached hydrogens (primary N) is 1. The Kier molecular flexibility index (Phi) is 5.63. The van der Waals surface area contributed by atoms with Gasteiger partial charge in [0, 0.05) is 18.3 Å². The lowest BCUT2D eigenvalue weighted by Crippen LogP contribution is -2.29. The van der Waals surface area contributed by atoms with Gasteiger partial charge in [0.15, 0.2) is 0 Å². The van der Waals surface area contributed by atoms with Gasteiger partial charge < -0.3 is 20.5 Å². The predicted molar refractivity (Wildman–Crippen MR) is 92.8 cm³/mol. The number of hydrogen-bond donors (Lipinski definition) is 2. The molecule has 0 bridgehead atoms. The number of benzene rings is 2. The van der Waals surface area contributed by atoms with Gasteiger partial charge >= 0.3 is 0 Å². The number of carbonyl (C=O) groups is 1. The van der Waals surface area contributed by atoms with Gasteiger partial charge in [0.05, 0.1) is 6.10 Å². The summed E-state index contributed by atoms with van der Waals surface area (Å²) in [5.41, 5.74) is 7.11. The van der Waals surface area contributed by atoms with Gasteiger partial charge in [-0.15, -0.1) is 0 Å². The number of ether oxygens (including phenoxy) is 2. The molecule has 2 atom stereocenters. The van der Waals surface area contributed by atoms with Crippen molar-refractivity contribution in [1.82, 2.24) is 0 Å². The highest BCUT2D eigenvalue weighted by molar-refractivity contribution is 5.94. The van der Waals surface area contributed by atoms with Crippen LogP contribution in [0.1, 0.15) is 18.4 Å². The molecule has 3 N–H and O–H groups in total. The zero-order valence-electron chi connectivity index (χ0n) is 13.8. The first-order chi connectivity index (χ1) is 12.1. The smallest absolute Gasteiger partial charge is 0.253 e. The van der Waals surface area contributed by atoms with Crippen molar-refractivity contribution in [2.45, 2.75) is 31.7 Å². The van der Waals surface area contributed by atoms with Crippen molar-refractivity contribution < 1.29 is 18.7 Å². The fraction of sp³-hybridized carbons (Fsp3) is 0.316. The van der Waals surface area contributed by atoms with E-state index >= 15 is 0 Å². The van der Waals surface area contributed by atoms with Gasteiger partial charge in [-0.1, -0.05) is 18.2 Å². The van der Waals surface area contributed by atoms with Crippen LogP contribution < -0.4 is 15.8 Å². The van der Waals surface area contributed by atoms with Gasteiger partial charge in [-0.25, -0.2) is 4.39 Å². The van der Waals surface area contributed by atoms with Crippen LogP contribution >= 0.6 is 0 Å². The third-order valence-corrected chi connectivity index (χ3v) is 4.06. The molecule has 0 aliphatic carbocycles. The molecule has 5 nitrogen and oxygen atoms in total. The molecule has 2 aromatic carbocycles. The second-order valence-electron chi connectivity index (χ2n) is 6.00. The zero-order valence-corrected chi connectivity index (χ0v) is 13.8. The number of rotatable bonds is 6. The number of anilines is 1. The highest BCUT2D eigenvalue weighted by Gasteiger charge is 2.29. The second-order valence-corrected chi connectivity index (χ2v) is 6.00. The average molecular weight is 344 g/mol. The van der Waals surface area contributed by atoms with Crippen LogP contribution in [0.2, 0.25) is 0 Å². The molecule has 1 aliphatic heterocycles. The minimum Gasteiger partial charge on any atom is -0.489 e.